The van der Waals surface area contributed by atoms with Crippen molar-refractivity contribution < 1.29 is 14.7 Å². The van der Waals surface area contributed by atoms with Crippen molar-refractivity contribution in [3.63, 3.8) is 0 Å². The molecule has 1 atom stereocenters. The SMILES string of the molecule is N[C@@H](CC(=O)NCC1CC1)C(=O)O. The van der Waals surface area contributed by atoms with Gasteiger partial charge in [-0.3, -0.25) is 9.59 Å². The van der Waals surface area contributed by atoms with E-state index in [1.807, 2.05) is 0 Å². The van der Waals surface area contributed by atoms with E-state index < -0.39 is 12.0 Å². The van der Waals surface area contributed by atoms with Gasteiger partial charge in [-0.1, -0.05) is 0 Å². The molecular weight excluding hydrogens is 172 g/mol. The third kappa shape index (κ3) is 3.89. The second-order valence-corrected chi connectivity index (χ2v) is 3.40. The minimum Gasteiger partial charge on any atom is -0.480 e. The number of hydrogen-bond donors (Lipinski definition) is 3. The van der Waals surface area contributed by atoms with Gasteiger partial charge in [-0.15, -0.1) is 0 Å². The zero-order valence-corrected chi connectivity index (χ0v) is 7.32. The number of carboxylic acid groups (broad SMARTS) is 1. The Morgan fingerprint density at radius 2 is 2.15 bits per heavy atom. The quantitative estimate of drug-likeness (QED) is 0.530. The molecule has 1 rings (SSSR count). The van der Waals surface area contributed by atoms with E-state index in [-0.39, 0.29) is 12.3 Å². The van der Waals surface area contributed by atoms with Gasteiger partial charge in [-0.2, -0.15) is 0 Å². The van der Waals surface area contributed by atoms with Crippen molar-refractivity contribution in [2.75, 3.05) is 6.54 Å². The fourth-order valence-electron chi connectivity index (χ4n) is 0.939. The normalized spacial score (nSPS) is 17.9. The third-order valence-electron chi connectivity index (χ3n) is 2.01. The van der Waals surface area contributed by atoms with Crippen molar-refractivity contribution in [2.45, 2.75) is 25.3 Å². The van der Waals surface area contributed by atoms with E-state index in [9.17, 15) is 9.59 Å². The number of aliphatic carboxylic acids is 1. The predicted octanol–water partition coefficient (Wildman–Crippen LogP) is -0.685. The average molecular weight is 186 g/mol. The highest BCUT2D eigenvalue weighted by Gasteiger charge is 2.22. The van der Waals surface area contributed by atoms with Crippen LogP contribution in [0.15, 0.2) is 0 Å². The van der Waals surface area contributed by atoms with Gasteiger partial charge in [0.25, 0.3) is 0 Å². The van der Waals surface area contributed by atoms with E-state index >= 15 is 0 Å². The van der Waals surface area contributed by atoms with Crippen molar-refractivity contribution in [2.24, 2.45) is 11.7 Å². The first kappa shape index (κ1) is 9.98. The molecule has 5 nitrogen and oxygen atoms in total. The lowest BCUT2D eigenvalue weighted by molar-refractivity contribution is -0.140. The first-order chi connectivity index (χ1) is 6.09. The molecule has 0 aromatic rings. The number of carboxylic acids is 1. The van der Waals surface area contributed by atoms with Gasteiger partial charge in [0.1, 0.15) is 6.04 Å². The molecule has 74 valence electrons. The Kier molecular flexibility index (Phi) is 3.25. The lowest BCUT2D eigenvalue weighted by Crippen LogP contribution is -2.37. The average Bonchev–Trinajstić information content (AvgIpc) is 2.83. The maximum Gasteiger partial charge on any atom is 0.321 e. The first-order valence-electron chi connectivity index (χ1n) is 4.34. The minimum absolute atomic E-state index is 0.137. The van der Waals surface area contributed by atoms with Gasteiger partial charge >= 0.3 is 5.97 Å². The van der Waals surface area contributed by atoms with Crippen LogP contribution in [0.25, 0.3) is 0 Å². The molecule has 0 bridgehead atoms. The van der Waals surface area contributed by atoms with Crippen LogP contribution in [0.3, 0.4) is 0 Å². The third-order valence-corrected chi connectivity index (χ3v) is 2.01. The predicted molar refractivity (Wildman–Crippen MR) is 46.0 cm³/mol. The Bertz CT molecular complexity index is 213. The molecule has 4 N–H and O–H groups in total. The molecule has 1 fully saturated rings. The molecule has 0 heterocycles. The van der Waals surface area contributed by atoms with Gasteiger partial charge in [0.2, 0.25) is 5.91 Å². The topological polar surface area (TPSA) is 92.4 Å². The van der Waals surface area contributed by atoms with Crippen molar-refractivity contribution in [3.05, 3.63) is 0 Å². The van der Waals surface area contributed by atoms with Crippen LogP contribution in [0, 0.1) is 5.92 Å². The number of hydrogen-bond acceptors (Lipinski definition) is 3. The van der Waals surface area contributed by atoms with Crippen molar-refractivity contribution in [3.8, 4) is 0 Å². The highest BCUT2D eigenvalue weighted by atomic mass is 16.4. The summed E-state index contributed by atoms with van der Waals surface area (Å²) in [7, 11) is 0. The monoisotopic (exact) mass is 186 g/mol. The zero-order valence-electron chi connectivity index (χ0n) is 7.32. The van der Waals surface area contributed by atoms with Gasteiger partial charge in [0.15, 0.2) is 0 Å². The van der Waals surface area contributed by atoms with Crippen LogP contribution in [-0.4, -0.2) is 29.6 Å². The van der Waals surface area contributed by atoms with E-state index in [2.05, 4.69) is 5.32 Å². The zero-order chi connectivity index (χ0) is 9.84. The molecule has 0 aromatic heterocycles. The lowest BCUT2D eigenvalue weighted by atomic mass is 10.2. The van der Waals surface area contributed by atoms with E-state index in [1.54, 1.807) is 0 Å². The van der Waals surface area contributed by atoms with Gasteiger partial charge < -0.3 is 16.2 Å². The van der Waals surface area contributed by atoms with Gasteiger partial charge in [0.05, 0.1) is 6.42 Å². The molecule has 1 aliphatic rings. The molecule has 1 amide bonds. The summed E-state index contributed by atoms with van der Waals surface area (Å²) in [5.41, 5.74) is 5.18. The number of nitrogens with two attached hydrogens (primary N) is 1. The van der Waals surface area contributed by atoms with Gasteiger partial charge in [-0.05, 0) is 18.8 Å². The molecular formula is C8H14N2O3. The highest BCUT2D eigenvalue weighted by Crippen LogP contribution is 2.27. The number of carbonyl (C=O) groups excluding carboxylic acids is 1. The molecule has 0 aromatic carbocycles. The van der Waals surface area contributed by atoms with Crippen LogP contribution in [0.1, 0.15) is 19.3 Å². The largest absolute Gasteiger partial charge is 0.480 e. The van der Waals surface area contributed by atoms with E-state index in [0.29, 0.717) is 12.5 Å². The van der Waals surface area contributed by atoms with Crippen LogP contribution in [-0.2, 0) is 9.59 Å². The molecule has 0 radical (unpaired) electrons. The number of rotatable bonds is 5. The molecule has 0 unspecified atom stereocenters. The Hall–Kier alpha value is -1.10. The summed E-state index contributed by atoms with van der Waals surface area (Å²) >= 11 is 0. The van der Waals surface area contributed by atoms with Crippen LogP contribution in [0.5, 0.6) is 0 Å². The first-order valence-corrected chi connectivity index (χ1v) is 4.34. The summed E-state index contributed by atoms with van der Waals surface area (Å²) in [5, 5.41) is 11.1. The highest BCUT2D eigenvalue weighted by molar-refractivity contribution is 5.84. The van der Waals surface area contributed by atoms with Crippen molar-refractivity contribution >= 4 is 11.9 Å². The maximum absolute atomic E-state index is 11.0. The summed E-state index contributed by atoms with van der Waals surface area (Å²) < 4.78 is 0. The van der Waals surface area contributed by atoms with E-state index in [1.165, 1.54) is 0 Å². The molecule has 0 aliphatic heterocycles. The summed E-state index contributed by atoms with van der Waals surface area (Å²) in [6, 6.07) is -1.08. The van der Waals surface area contributed by atoms with Gasteiger partial charge in [0, 0.05) is 6.54 Å². The van der Waals surface area contributed by atoms with Gasteiger partial charge in [-0.25, -0.2) is 0 Å². The molecule has 1 aliphatic carbocycles. The lowest BCUT2D eigenvalue weighted by Gasteiger charge is -2.06. The molecule has 0 saturated heterocycles. The van der Waals surface area contributed by atoms with Crippen molar-refractivity contribution in [1.82, 2.24) is 5.32 Å². The smallest absolute Gasteiger partial charge is 0.321 e. The summed E-state index contributed by atoms with van der Waals surface area (Å²) in [5.74, 6) is -0.812. The number of nitrogens with one attached hydrogen (secondary N) is 1. The van der Waals surface area contributed by atoms with Crippen LogP contribution in [0.2, 0.25) is 0 Å². The summed E-state index contributed by atoms with van der Waals surface area (Å²) in [6.45, 7) is 0.658. The fourth-order valence-corrected chi connectivity index (χ4v) is 0.939. The molecule has 5 heteroatoms. The summed E-state index contributed by atoms with van der Waals surface area (Å²) in [6.07, 6.45) is 2.18. The Morgan fingerprint density at radius 3 is 2.62 bits per heavy atom. The van der Waals surface area contributed by atoms with Crippen LogP contribution in [0.4, 0.5) is 0 Å². The molecule has 0 spiro atoms. The minimum atomic E-state index is -1.14. The Balaban J connectivity index is 2.11. The van der Waals surface area contributed by atoms with Crippen molar-refractivity contribution in [1.29, 1.82) is 0 Å². The Labute approximate surface area is 76.3 Å². The maximum atomic E-state index is 11.0. The molecule has 13 heavy (non-hydrogen) atoms. The number of amides is 1. The van der Waals surface area contributed by atoms with E-state index in [4.69, 9.17) is 10.8 Å². The standard InChI is InChI=1S/C8H14N2O3/c9-6(8(12)13)3-7(11)10-4-5-1-2-5/h5-6H,1-4,9H2,(H,10,11)(H,12,13)/t6-/m0/s1. The molecule has 1 saturated carbocycles. The Morgan fingerprint density at radius 1 is 1.54 bits per heavy atom. The second kappa shape index (κ2) is 4.23. The van der Waals surface area contributed by atoms with E-state index in [0.717, 1.165) is 12.8 Å². The summed E-state index contributed by atoms with van der Waals surface area (Å²) in [4.78, 5) is 21.3. The van der Waals surface area contributed by atoms with Crippen LogP contribution >= 0.6 is 0 Å². The fraction of sp³-hybridized carbons (Fsp3) is 0.750. The second-order valence-electron chi connectivity index (χ2n) is 3.40. The number of carbonyl (C=O) groups is 2. The van der Waals surface area contributed by atoms with Crippen LogP contribution < -0.4 is 11.1 Å².